The predicted molar refractivity (Wildman–Crippen MR) is 73.0 cm³/mol. The Hall–Kier alpha value is -2.56. The topological polar surface area (TPSA) is 78.4 Å². The van der Waals surface area contributed by atoms with E-state index in [2.05, 4.69) is 0 Å². The van der Waals surface area contributed by atoms with Crippen LogP contribution in [0.25, 0.3) is 0 Å². The van der Waals surface area contributed by atoms with E-state index in [1.54, 1.807) is 37.3 Å². The molecular formula is C14H14N2O3. The van der Waals surface area contributed by atoms with Gasteiger partial charge in [-0.3, -0.25) is 10.1 Å². The van der Waals surface area contributed by atoms with Crippen LogP contribution in [-0.2, 0) is 6.61 Å². The van der Waals surface area contributed by atoms with Crippen molar-refractivity contribution in [1.29, 1.82) is 0 Å². The van der Waals surface area contributed by atoms with Crippen molar-refractivity contribution in [2.45, 2.75) is 13.5 Å². The molecule has 0 amide bonds. The van der Waals surface area contributed by atoms with Crippen LogP contribution >= 0.6 is 0 Å². The molecule has 0 saturated carbocycles. The van der Waals surface area contributed by atoms with Gasteiger partial charge in [0.15, 0.2) is 5.75 Å². The van der Waals surface area contributed by atoms with Gasteiger partial charge in [0.05, 0.1) is 4.92 Å². The maximum Gasteiger partial charge on any atom is 0.313 e. The molecule has 0 heterocycles. The normalized spacial score (nSPS) is 10.2. The Morgan fingerprint density at radius 3 is 2.68 bits per heavy atom. The predicted octanol–water partition coefficient (Wildman–Crippen LogP) is 3.06. The van der Waals surface area contributed by atoms with E-state index >= 15 is 0 Å². The van der Waals surface area contributed by atoms with Gasteiger partial charge in [0.25, 0.3) is 0 Å². The highest BCUT2D eigenvalue weighted by atomic mass is 16.6. The lowest BCUT2D eigenvalue weighted by atomic mass is 10.2. The molecule has 0 aliphatic heterocycles. The van der Waals surface area contributed by atoms with Crippen molar-refractivity contribution < 1.29 is 9.66 Å². The third-order valence-corrected chi connectivity index (χ3v) is 2.73. The molecule has 2 N–H and O–H groups in total. The van der Waals surface area contributed by atoms with Crippen LogP contribution < -0.4 is 10.5 Å². The van der Waals surface area contributed by atoms with Gasteiger partial charge >= 0.3 is 5.69 Å². The van der Waals surface area contributed by atoms with Gasteiger partial charge in [-0.15, -0.1) is 0 Å². The lowest BCUT2D eigenvalue weighted by molar-refractivity contribution is -0.386. The molecule has 2 rings (SSSR count). The minimum absolute atomic E-state index is 0.00593. The number of nitrogen functional groups attached to an aromatic ring is 1. The lowest BCUT2D eigenvalue weighted by Gasteiger charge is -2.08. The summed E-state index contributed by atoms with van der Waals surface area (Å²) in [5, 5.41) is 11.0. The Morgan fingerprint density at radius 2 is 2.00 bits per heavy atom. The fraction of sp³-hybridized carbons (Fsp3) is 0.143. The van der Waals surface area contributed by atoms with Gasteiger partial charge < -0.3 is 10.5 Å². The van der Waals surface area contributed by atoms with E-state index < -0.39 is 4.92 Å². The summed E-state index contributed by atoms with van der Waals surface area (Å²) < 4.78 is 5.52. The Labute approximate surface area is 110 Å². The van der Waals surface area contributed by atoms with Gasteiger partial charge in [0.2, 0.25) is 0 Å². The Balaban J connectivity index is 2.20. The molecular weight excluding hydrogens is 244 g/mol. The zero-order valence-corrected chi connectivity index (χ0v) is 10.5. The number of hydrogen-bond acceptors (Lipinski definition) is 4. The highest BCUT2D eigenvalue weighted by Crippen LogP contribution is 2.30. The maximum absolute atomic E-state index is 11.0. The second kappa shape index (κ2) is 5.39. The first-order chi connectivity index (χ1) is 9.08. The fourth-order valence-electron chi connectivity index (χ4n) is 1.83. The smallest absolute Gasteiger partial charge is 0.313 e. The van der Waals surface area contributed by atoms with Gasteiger partial charge in [0.1, 0.15) is 6.61 Å². The van der Waals surface area contributed by atoms with E-state index in [-0.39, 0.29) is 18.0 Å². The molecule has 0 fully saturated rings. The first-order valence-corrected chi connectivity index (χ1v) is 5.79. The van der Waals surface area contributed by atoms with Crippen LogP contribution in [0.2, 0.25) is 0 Å². The Bertz CT molecular complexity index is 611. The number of nitro benzene ring substituents is 1. The van der Waals surface area contributed by atoms with E-state index in [0.29, 0.717) is 11.3 Å². The van der Waals surface area contributed by atoms with Crippen LogP contribution in [-0.4, -0.2) is 4.92 Å². The third-order valence-electron chi connectivity index (χ3n) is 2.73. The molecule has 0 aliphatic carbocycles. The van der Waals surface area contributed by atoms with Crippen molar-refractivity contribution in [1.82, 2.24) is 0 Å². The van der Waals surface area contributed by atoms with Gasteiger partial charge in [-0.05, 0) is 30.7 Å². The third kappa shape index (κ3) is 3.01. The number of nitrogens with two attached hydrogens (primary N) is 1. The summed E-state index contributed by atoms with van der Waals surface area (Å²) >= 11 is 0. The van der Waals surface area contributed by atoms with Crippen LogP contribution in [0.4, 0.5) is 11.4 Å². The molecule has 0 bridgehead atoms. The first kappa shape index (κ1) is 12.9. The van der Waals surface area contributed by atoms with Crippen LogP contribution in [0.5, 0.6) is 5.75 Å². The standard InChI is InChI=1S/C14H14N2O3/c1-10-4-2-7-13(14(10)16(17)18)19-9-11-5-3-6-12(15)8-11/h2-8H,9,15H2,1H3. The van der Waals surface area contributed by atoms with E-state index in [1.165, 1.54) is 0 Å². The lowest BCUT2D eigenvalue weighted by Crippen LogP contribution is -2.01. The van der Waals surface area contributed by atoms with Crippen LogP contribution in [0.1, 0.15) is 11.1 Å². The molecule has 0 radical (unpaired) electrons. The second-order valence-corrected chi connectivity index (χ2v) is 4.21. The highest BCUT2D eigenvalue weighted by molar-refractivity contribution is 5.52. The number of ether oxygens (including phenoxy) is 1. The number of rotatable bonds is 4. The molecule has 0 aromatic heterocycles. The first-order valence-electron chi connectivity index (χ1n) is 5.79. The molecule has 0 spiro atoms. The van der Waals surface area contributed by atoms with Gasteiger partial charge in [-0.25, -0.2) is 0 Å². The summed E-state index contributed by atoms with van der Waals surface area (Å²) in [5.74, 6) is 0.271. The molecule has 2 aromatic rings. The molecule has 5 heteroatoms. The maximum atomic E-state index is 11.0. The number of hydrogen-bond donors (Lipinski definition) is 1. The zero-order chi connectivity index (χ0) is 13.8. The minimum atomic E-state index is -0.427. The van der Waals surface area contributed by atoms with Crippen molar-refractivity contribution in [3.05, 3.63) is 63.7 Å². The monoisotopic (exact) mass is 258 g/mol. The quantitative estimate of drug-likeness (QED) is 0.519. The molecule has 19 heavy (non-hydrogen) atoms. The number of nitro groups is 1. The van der Waals surface area contributed by atoms with Crippen molar-refractivity contribution >= 4 is 11.4 Å². The van der Waals surface area contributed by atoms with Crippen LogP contribution in [0.15, 0.2) is 42.5 Å². The number of benzene rings is 2. The Morgan fingerprint density at radius 1 is 1.26 bits per heavy atom. The van der Waals surface area contributed by atoms with E-state index in [1.807, 2.05) is 12.1 Å². The fourth-order valence-corrected chi connectivity index (χ4v) is 1.83. The van der Waals surface area contributed by atoms with Gasteiger partial charge in [0, 0.05) is 11.3 Å². The molecule has 2 aromatic carbocycles. The minimum Gasteiger partial charge on any atom is -0.482 e. The van der Waals surface area contributed by atoms with Crippen molar-refractivity contribution in [3.63, 3.8) is 0 Å². The summed E-state index contributed by atoms with van der Waals surface area (Å²) in [6.07, 6.45) is 0. The molecule has 98 valence electrons. The van der Waals surface area contributed by atoms with Gasteiger partial charge in [-0.1, -0.05) is 24.3 Å². The zero-order valence-electron chi connectivity index (χ0n) is 10.5. The van der Waals surface area contributed by atoms with E-state index in [9.17, 15) is 10.1 Å². The summed E-state index contributed by atoms with van der Waals surface area (Å²) in [5.41, 5.74) is 7.76. The molecule has 0 aliphatic rings. The second-order valence-electron chi connectivity index (χ2n) is 4.21. The van der Waals surface area contributed by atoms with E-state index in [4.69, 9.17) is 10.5 Å². The molecule has 0 atom stereocenters. The number of nitrogens with zero attached hydrogens (tertiary/aromatic N) is 1. The highest BCUT2D eigenvalue weighted by Gasteiger charge is 2.17. The summed E-state index contributed by atoms with van der Waals surface area (Å²) in [4.78, 5) is 10.6. The average Bonchev–Trinajstić information content (AvgIpc) is 2.36. The molecule has 0 saturated heterocycles. The largest absolute Gasteiger partial charge is 0.482 e. The average molecular weight is 258 g/mol. The van der Waals surface area contributed by atoms with E-state index in [0.717, 1.165) is 5.56 Å². The summed E-state index contributed by atoms with van der Waals surface area (Å²) in [6, 6.07) is 12.2. The summed E-state index contributed by atoms with van der Waals surface area (Å²) in [7, 11) is 0. The number of para-hydroxylation sites is 1. The van der Waals surface area contributed by atoms with Crippen molar-refractivity contribution in [3.8, 4) is 5.75 Å². The van der Waals surface area contributed by atoms with Gasteiger partial charge in [-0.2, -0.15) is 0 Å². The molecule has 0 unspecified atom stereocenters. The number of anilines is 1. The SMILES string of the molecule is Cc1cccc(OCc2cccc(N)c2)c1[N+](=O)[O-]. The molecule has 5 nitrogen and oxygen atoms in total. The van der Waals surface area contributed by atoms with Crippen molar-refractivity contribution in [2.24, 2.45) is 0 Å². The van der Waals surface area contributed by atoms with Crippen molar-refractivity contribution in [2.75, 3.05) is 5.73 Å². The summed E-state index contributed by atoms with van der Waals surface area (Å²) in [6.45, 7) is 1.93. The van der Waals surface area contributed by atoms with Crippen LogP contribution in [0.3, 0.4) is 0 Å². The Kier molecular flexibility index (Phi) is 3.66. The number of aryl methyl sites for hydroxylation is 1. The van der Waals surface area contributed by atoms with Crippen LogP contribution in [0, 0.1) is 17.0 Å².